The van der Waals surface area contributed by atoms with Crippen LogP contribution in [0.15, 0.2) is 18.3 Å². The van der Waals surface area contributed by atoms with Gasteiger partial charge in [-0.2, -0.15) is 5.10 Å². The third-order valence-corrected chi connectivity index (χ3v) is 2.39. The molecule has 15 heavy (non-hydrogen) atoms. The summed E-state index contributed by atoms with van der Waals surface area (Å²) in [6.07, 6.45) is 1.83. The number of rotatable bonds is 2. The van der Waals surface area contributed by atoms with Gasteiger partial charge in [0.1, 0.15) is 0 Å². The zero-order valence-electron chi connectivity index (χ0n) is 9.06. The molecule has 1 N–H and O–H groups in total. The van der Waals surface area contributed by atoms with Crippen molar-refractivity contribution in [2.24, 2.45) is 0 Å². The fourth-order valence-corrected chi connectivity index (χ4v) is 1.51. The van der Waals surface area contributed by atoms with Gasteiger partial charge in [-0.15, -0.1) is 0 Å². The molecule has 1 aromatic heterocycles. The first kappa shape index (κ1) is 9.83. The molecule has 0 unspecified atom stereocenters. The number of hydrogen-bond acceptors (Lipinski definition) is 3. The molecule has 0 saturated carbocycles. The van der Waals surface area contributed by atoms with Gasteiger partial charge in [0.2, 0.25) is 0 Å². The normalized spacial score (nSPS) is 11.2. The van der Waals surface area contributed by atoms with E-state index < -0.39 is 0 Å². The zero-order chi connectivity index (χ0) is 11.0. The van der Waals surface area contributed by atoms with E-state index in [0.717, 1.165) is 10.9 Å². The van der Waals surface area contributed by atoms with Gasteiger partial charge in [0.15, 0.2) is 11.5 Å². The molecule has 0 bridgehead atoms. The second-order valence-corrected chi connectivity index (χ2v) is 3.75. The van der Waals surface area contributed by atoms with Gasteiger partial charge in [-0.25, -0.2) is 0 Å². The first-order chi connectivity index (χ1) is 7.13. The van der Waals surface area contributed by atoms with Crippen LogP contribution in [0.25, 0.3) is 10.9 Å². The monoisotopic (exact) mass is 206 g/mol. The van der Waals surface area contributed by atoms with E-state index in [2.05, 4.69) is 5.10 Å². The van der Waals surface area contributed by atoms with E-state index in [0.29, 0.717) is 5.75 Å². The van der Waals surface area contributed by atoms with Gasteiger partial charge in [-0.05, 0) is 26.0 Å². The Kier molecular flexibility index (Phi) is 2.26. The number of ether oxygens (including phenoxy) is 1. The molecule has 2 rings (SSSR count). The summed E-state index contributed by atoms with van der Waals surface area (Å²) >= 11 is 0. The van der Waals surface area contributed by atoms with Gasteiger partial charge in [0.05, 0.1) is 18.0 Å². The van der Waals surface area contributed by atoms with E-state index >= 15 is 0 Å². The van der Waals surface area contributed by atoms with E-state index in [4.69, 9.17) is 4.74 Å². The maximum Gasteiger partial charge on any atom is 0.168 e. The molecule has 4 nitrogen and oxygen atoms in total. The molecule has 1 aromatic carbocycles. The van der Waals surface area contributed by atoms with Crippen molar-refractivity contribution >= 4 is 10.9 Å². The fourth-order valence-electron chi connectivity index (χ4n) is 1.51. The second kappa shape index (κ2) is 3.46. The first-order valence-electron chi connectivity index (χ1n) is 4.88. The predicted octanol–water partition coefficient (Wildman–Crippen LogP) is 2.33. The molecule has 0 atom stereocenters. The van der Waals surface area contributed by atoms with Crippen LogP contribution in [0.5, 0.6) is 11.5 Å². The Labute approximate surface area is 88.1 Å². The number of nitrogens with zero attached hydrogens (tertiary/aromatic N) is 2. The van der Waals surface area contributed by atoms with Crippen LogP contribution in [0.1, 0.15) is 19.9 Å². The Hall–Kier alpha value is -1.71. The molecule has 0 amide bonds. The van der Waals surface area contributed by atoms with Crippen LogP contribution < -0.4 is 4.74 Å². The predicted molar refractivity (Wildman–Crippen MR) is 58.3 cm³/mol. The molecule has 0 aliphatic heterocycles. The number of aromatic hydroxyl groups is 1. The molecule has 2 aromatic rings. The van der Waals surface area contributed by atoms with Gasteiger partial charge in [-0.1, -0.05) is 0 Å². The summed E-state index contributed by atoms with van der Waals surface area (Å²) in [6, 6.07) is 3.84. The SMILES string of the molecule is COc1ccc2nn(C(C)C)cc2c1O. The summed E-state index contributed by atoms with van der Waals surface area (Å²) in [4.78, 5) is 0. The zero-order valence-corrected chi connectivity index (χ0v) is 9.06. The van der Waals surface area contributed by atoms with Crippen molar-refractivity contribution in [3.05, 3.63) is 18.3 Å². The van der Waals surface area contributed by atoms with Crippen LogP contribution >= 0.6 is 0 Å². The number of phenols is 1. The van der Waals surface area contributed by atoms with E-state index in [9.17, 15) is 5.11 Å². The molecule has 80 valence electrons. The van der Waals surface area contributed by atoms with E-state index in [1.165, 1.54) is 7.11 Å². The maximum absolute atomic E-state index is 9.87. The van der Waals surface area contributed by atoms with Gasteiger partial charge >= 0.3 is 0 Å². The van der Waals surface area contributed by atoms with Crippen molar-refractivity contribution < 1.29 is 9.84 Å². The largest absolute Gasteiger partial charge is 0.504 e. The molecule has 0 radical (unpaired) electrons. The summed E-state index contributed by atoms with van der Waals surface area (Å²) in [5.41, 5.74) is 0.780. The van der Waals surface area contributed by atoms with Gasteiger partial charge in [-0.3, -0.25) is 4.68 Å². The molecule has 0 aliphatic carbocycles. The van der Waals surface area contributed by atoms with Crippen molar-refractivity contribution in [1.29, 1.82) is 0 Å². The lowest BCUT2D eigenvalue weighted by Crippen LogP contribution is -1.99. The van der Waals surface area contributed by atoms with Crippen LogP contribution in [0.4, 0.5) is 0 Å². The smallest absolute Gasteiger partial charge is 0.168 e. The van der Waals surface area contributed by atoms with Gasteiger partial charge < -0.3 is 9.84 Å². The quantitative estimate of drug-likeness (QED) is 0.820. The molecule has 0 aliphatic rings. The average molecular weight is 206 g/mol. The minimum atomic E-state index is 0.155. The molecule has 4 heteroatoms. The highest BCUT2D eigenvalue weighted by atomic mass is 16.5. The number of aromatic nitrogens is 2. The Morgan fingerprint density at radius 1 is 1.40 bits per heavy atom. The number of phenolic OH excluding ortho intramolecular Hbond substituents is 1. The number of methoxy groups -OCH3 is 1. The Morgan fingerprint density at radius 2 is 2.13 bits per heavy atom. The molecule has 1 heterocycles. The van der Waals surface area contributed by atoms with Crippen LogP contribution in [-0.2, 0) is 0 Å². The summed E-state index contributed by atoms with van der Waals surface area (Å²) in [7, 11) is 1.54. The van der Waals surface area contributed by atoms with Gasteiger partial charge in [0.25, 0.3) is 0 Å². The maximum atomic E-state index is 9.87. The Morgan fingerprint density at radius 3 is 2.73 bits per heavy atom. The number of fused-ring (bicyclic) bond motifs is 1. The van der Waals surface area contributed by atoms with Crippen molar-refractivity contribution in [1.82, 2.24) is 9.78 Å². The summed E-state index contributed by atoms with van der Waals surface area (Å²) < 4.78 is 6.86. The number of hydrogen-bond donors (Lipinski definition) is 1. The highest BCUT2D eigenvalue weighted by Crippen LogP contribution is 2.33. The van der Waals surface area contributed by atoms with Crippen molar-refractivity contribution in [3.63, 3.8) is 0 Å². The topological polar surface area (TPSA) is 47.3 Å². The van der Waals surface area contributed by atoms with Crippen molar-refractivity contribution in [3.8, 4) is 11.5 Å². The van der Waals surface area contributed by atoms with E-state index in [1.54, 1.807) is 6.07 Å². The summed E-state index contributed by atoms with van der Waals surface area (Å²) in [5.74, 6) is 0.632. The highest BCUT2D eigenvalue weighted by Gasteiger charge is 2.11. The molecule has 0 saturated heterocycles. The highest BCUT2D eigenvalue weighted by molar-refractivity contribution is 5.87. The molecule has 0 fully saturated rings. The van der Waals surface area contributed by atoms with Crippen LogP contribution in [0.3, 0.4) is 0 Å². The van der Waals surface area contributed by atoms with E-state index in [1.807, 2.05) is 30.8 Å². The molecular weight excluding hydrogens is 192 g/mol. The van der Waals surface area contributed by atoms with Crippen LogP contribution in [-0.4, -0.2) is 22.0 Å². The van der Waals surface area contributed by atoms with Crippen molar-refractivity contribution in [2.45, 2.75) is 19.9 Å². The fraction of sp³-hybridized carbons (Fsp3) is 0.364. The summed E-state index contributed by atoms with van der Waals surface area (Å²) in [5, 5.41) is 14.9. The third kappa shape index (κ3) is 1.52. The Bertz CT molecular complexity index is 489. The molecular formula is C11H14N2O2. The molecule has 0 spiro atoms. The minimum absolute atomic E-state index is 0.155. The van der Waals surface area contributed by atoms with Gasteiger partial charge in [0, 0.05) is 12.2 Å². The standard InChI is InChI=1S/C11H14N2O2/c1-7(2)13-6-8-9(12-13)4-5-10(15-3)11(8)14/h4-7,14H,1-3H3. The number of benzene rings is 1. The third-order valence-electron chi connectivity index (χ3n) is 2.39. The lowest BCUT2D eigenvalue weighted by molar-refractivity contribution is 0.376. The second-order valence-electron chi connectivity index (χ2n) is 3.75. The minimum Gasteiger partial charge on any atom is -0.504 e. The lowest BCUT2D eigenvalue weighted by atomic mass is 10.2. The Balaban J connectivity index is 2.66. The summed E-state index contributed by atoms with van der Waals surface area (Å²) in [6.45, 7) is 4.08. The lowest BCUT2D eigenvalue weighted by Gasteiger charge is -2.02. The van der Waals surface area contributed by atoms with Crippen LogP contribution in [0, 0.1) is 0 Å². The van der Waals surface area contributed by atoms with Crippen molar-refractivity contribution in [2.75, 3.05) is 7.11 Å². The van der Waals surface area contributed by atoms with Crippen LogP contribution in [0.2, 0.25) is 0 Å². The first-order valence-corrected chi connectivity index (χ1v) is 4.88. The van der Waals surface area contributed by atoms with E-state index in [-0.39, 0.29) is 11.8 Å². The average Bonchev–Trinajstić information content (AvgIpc) is 2.63.